The summed E-state index contributed by atoms with van der Waals surface area (Å²) in [5.41, 5.74) is 12.1. The first-order valence-corrected chi connectivity index (χ1v) is 12.5. The van der Waals surface area contributed by atoms with Gasteiger partial charge in [0.25, 0.3) is 11.8 Å². The van der Waals surface area contributed by atoms with Gasteiger partial charge in [0.15, 0.2) is 0 Å². The van der Waals surface area contributed by atoms with E-state index in [-0.39, 0.29) is 24.5 Å². The first kappa shape index (κ1) is 25.2. The highest BCUT2D eigenvalue weighted by molar-refractivity contribution is 6.08. The number of amides is 2. The molecule has 1 unspecified atom stereocenters. The van der Waals surface area contributed by atoms with E-state index in [2.05, 4.69) is 27.2 Å². The average Bonchev–Trinajstić information content (AvgIpc) is 3.72. The van der Waals surface area contributed by atoms with Crippen LogP contribution in [0.3, 0.4) is 0 Å². The molecular weight excluding hydrogens is 480 g/mol. The van der Waals surface area contributed by atoms with Crippen molar-refractivity contribution >= 4 is 34.4 Å². The van der Waals surface area contributed by atoms with Crippen LogP contribution in [-0.4, -0.2) is 44.1 Å². The number of nitrogens with one attached hydrogen (secondary N) is 2. The van der Waals surface area contributed by atoms with E-state index in [4.69, 9.17) is 5.73 Å². The number of carbonyl (C=O) groups excluding carboxylic acids is 2. The molecule has 2 aromatic carbocycles. The number of rotatable bonds is 8. The number of fused-ring (bicyclic) bond motifs is 1. The summed E-state index contributed by atoms with van der Waals surface area (Å²) in [6, 6.07) is 14.6. The van der Waals surface area contributed by atoms with Gasteiger partial charge >= 0.3 is 0 Å². The predicted octanol–water partition coefficient (Wildman–Crippen LogP) is 3.90. The highest BCUT2D eigenvalue weighted by atomic mass is 16.3. The minimum Gasteiger partial charge on any atom is -0.394 e. The lowest BCUT2D eigenvalue weighted by Gasteiger charge is -2.15. The molecule has 1 fully saturated rings. The lowest BCUT2D eigenvalue weighted by molar-refractivity contribution is -0.112. The summed E-state index contributed by atoms with van der Waals surface area (Å²) >= 11 is 0. The second-order valence-corrected chi connectivity index (χ2v) is 9.73. The van der Waals surface area contributed by atoms with Crippen molar-refractivity contribution in [2.24, 2.45) is 13.0 Å². The molecule has 1 aliphatic rings. The van der Waals surface area contributed by atoms with E-state index >= 15 is 0 Å². The number of benzene rings is 2. The van der Waals surface area contributed by atoms with Crippen LogP contribution in [0, 0.1) is 5.92 Å². The first-order chi connectivity index (χ1) is 18.3. The zero-order chi connectivity index (χ0) is 27.0. The maximum absolute atomic E-state index is 12.8. The zero-order valence-corrected chi connectivity index (χ0v) is 21.4. The van der Waals surface area contributed by atoms with Gasteiger partial charge in [-0.1, -0.05) is 30.8 Å². The Kier molecular flexibility index (Phi) is 6.69. The molecule has 9 nitrogen and oxygen atoms in total. The van der Waals surface area contributed by atoms with Crippen LogP contribution in [-0.2, 0) is 11.8 Å². The number of nitrogens with zero attached hydrogens (tertiary/aromatic N) is 3. The number of anilines is 2. The molecule has 5 N–H and O–H groups in total. The average molecular weight is 511 g/mol. The van der Waals surface area contributed by atoms with Crippen molar-refractivity contribution in [3.63, 3.8) is 0 Å². The molecule has 9 heteroatoms. The van der Waals surface area contributed by atoms with E-state index in [9.17, 15) is 14.7 Å². The van der Waals surface area contributed by atoms with Crippen molar-refractivity contribution in [1.29, 1.82) is 0 Å². The summed E-state index contributed by atoms with van der Waals surface area (Å²) in [6.07, 6.45) is 3.49. The monoisotopic (exact) mass is 510 g/mol. The van der Waals surface area contributed by atoms with Crippen LogP contribution in [0.4, 0.5) is 11.5 Å². The molecule has 2 heterocycles. The number of carbonyl (C=O) groups is 2. The van der Waals surface area contributed by atoms with Crippen LogP contribution in [0.2, 0.25) is 0 Å². The van der Waals surface area contributed by atoms with E-state index in [0.29, 0.717) is 34.2 Å². The lowest BCUT2D eigenvalue weighted by atomic mass is 9.97. The molecule has 0 bridgehead atoms. The van der Waals surface area contributed by atoms with Gasteiger partial charge < -0.3 is 26.0 Å². The molecule has 194 valence electrons. The number of nitrogens with two attached hydrogens (primary N) is 1. The maximum Gasteiger partial charge on any atom is 0.251 e. The quantitative estimate of drug-likeness (QED) is 0.266. The number of hydrogen-bond donors (Lipinski definition) is 4. The van der Waals surface area contributed by atoms with E-state index in [1.54, 1.807) is 19.1 Å². The Morgan fingerprint density at radius 3 is 2.37 bits per heavy atom. The van der Waals surface area contributed by atoms with Crippen molar-refractivity contribution in [3.8, 4) is 22.4 Å². The van der Waals surface area contributed by atoms with Gasteiger partial charge in [-0.05, 0) is 61.1 Å². The first-order valence-electron chi connectivity index (χ1n) is 12.5. The smallest absolute Gasteiger partial charge is 0.251 e. The van der Waals surface area contributed by atoms with Crippen molar-refractivity contribution in [2.45, 2.75) is 25.8 Å². The Morgan fingerprint density at radius 1 is 1.11 bits per heavy atom. The van der Waals surface area contributed by atoms with Crippen LogP contribution >= 0.6 is 0 Å². The van der Waals surface area contributed by atoms with E-state index in [0.717, 1.165) is 40.6 Å². The van der Waals surface area contributed by atoms with Gasteiger partial charge in [0.05, 0.1) is 23.7 Å². The van der Waals surface area contributed by atoms with E-state index < -0.39 is 0 Å². The molecule has 38 heavy (non-hydrogen) atoms. The minimum absolute atomic E-state index is 0.0667. The van der Waals surface area contributed by atoms with Gasteiger partial charge in [-0.15, -0.1) is 0 Å². The maximum atomic E-state index is 12.8. The number of aromatic nitrogens is 3. The summed E-state index contributed by atoms with van der Waals surface area (Å²) in [7, 11) is 1.92. The number of aryl methyl sites for hydroxylation is 1. The standard InChI is InChI=1S/C29H30N6O3/c1-16(2)28(37)33-21-12-10-19(11-13-21)25-23(24-26(30)31-15-32-27(24)35(25)3)18-6-8-20(9-7-18)29(38)34-22(14-36)17-4-5-17/h6-13,15,17,22,36H,1,4-5,14H2,2-3H3,(H,33,37)(H,34,38)(H2,30,31,32). The predicted molar refractivity (Wildman–Crippen MR) is 148 cm³/mol. The number of aliphatic hydroxyl groups is 1. The summed E-state index contributed by atoms with van der Waals surface area (Å²) < 4.78 is 1.96. The third-order valence-electron chi connectivity index (χ3n) is 6.94. The Balaban J connectivity index is 1.53. The molecule has 2 aromatic heterocycles. The van der Waals surface area contributed by atoms with Crippen molar-refractivity contribution in [3.05, 3.63) is 72.6 Å². The second-order valence-electron chi connectivity index (χ2n) is 9.73. The zero-order valence-electron chi connectivity index (χ0n) is 21.4. The molecule has 1 atom stereocenters. The summed E-state index contributed by atoms with van der Waals surface area (Å²) in [5.74, 6) is 0.257. The molecule has 2 amide bonds. The largest absolute Gasteiger partial charge is 0.394 e. The normalized spacial score (nSPS) is 13.8. The fraction of sp³-hybridized carbons (Fsp3) is 0.241. The van der Waals surface area contributed by atoms with Crippen molar-refractivity contribution < 1.29 is 14.7 Å². The Hall–Kier alpha value is -4.50. The molecule has 4 aromatic rings. The fourth-order valence-electron chi connectivity index (χ4n) is 4.70. The van der Waals surface area contributed by atoms with Crippen LogP contribution < -0.4 is 16.4 Å². The van der Waals surface area contributed by atoms with Gasteiger partial charge in [0.1, 0.15) is 17.8 Å². The highest BCUT2D eigenvalue weighted by Gasteiger charge is 2.32. The summed E-state index contributed by atoms with van der Waals surface area (Å²) in [4.78, 5) is 33.5. The van der Waals surface area contributed by atoms with Crippen LogP contribution in [0.15, 0.2) is 67.0 Å². The van der Waals surface area contributed by atoms with Gasteiger partial charge in [-0.2, -0.15) is 0 Å². The Bertz CT molecular complexity index is 1540. The van der Waals surface area contributed by atoms with E-state index in [1.165, 1.54) is 6.33 Å². The number of nitrogen functional groups attached to an aromatic ring is 1. The fourth-order valence-corrected chi connectivity index (χ4v) is 4.70. The van der Waals surface area contributed by atoms with Crippen LogP contribution in [0.25, 0.3) is 33.4 Å². The molecule has 0 aliphatic heterocycles. The molecule has 0 spiro atoms. The SMILES string of the molecule is C=C(C)C(=O)Nc1ccc(-c2c(-c3ccc(C(=O)NC(CO)C4CC4)cc3)c3c(N)ncnc3n2C)cc1. The molecular formula is C29H30N6O3. The minimum atomic E-state index is -0.238. The third-order valence-corrected chi connectivity index (χ3v) is 6.94. The number of hydrogen-bond acceptors (Lipinski definition) is 6. The van der Waals surface area contributed by atoms with Gasteiger partial charge in [-0.25, -0.2) is 9.97 Å². The molecule has 1 aliphatic carbocycles. The van der Waals surface area contributed by atoms with Crippen molar-refractivity contribution in [1.82, 2.24) is 19.9 Å². The van der Waals surface area contributed by atoms with E-state index in [1.807, 2.05) is 48.0 Å². The molecule has 0 saturated heterocycles. The third kappa shape index (κ3) is 4.76. The Labute approximate surface area is 220 Å². The summed E-state index contributed by atoms with van der Waals surface area (Å²) in [6.45, 7) is 5.27. The van der Waals surface area contributed by atoms with Crippen LogP contribution in [0.1, 0.15) is 30.1 Å². The summed E-state index contributed by atoms with van der Waals surface area (Å²) in [5, 5.41) is 16.1. The van der Waals surface area contributed by atoms with Gasteiger partial charge in [0.2, 0.25) is 0 Å². The van der Waals surface area contributed by atoms with Crippen LogP contribution in [0.5, 0.6) is 0 Å². The van der Waals surface area contributed by atoms with Gasteiger partial charge in [-0.3, -0.25) is 9.59 Å². The number of aliphatic hydroxyl groups excluding tert-OH is 1. The molecule has 5 rings (SSSR count). The Morgan fingerprint density at radius 2 is 1.76 bits per heavy atom. The van der Waals surface area contributed by atoms with Crippen molar-refractivity contribution in [2.75, 3.05) is 17.7 Å². The topological polar surface area (TPSA) is 135 Å². The second kappa shape index (κ2) is 10.1. The highest BCUT2D eigenvalue weighted by Crippen LogP contribution is 2.41. The lowest BCUT2D eigenvalue weighted by Crippen LogP contribution is -2.39. The molecule has 1 saturated carbocycles. The van der Waals surface area contributed by atoms with Gasteiger partial charge in [0, 0.05) is 29.4 Å². The molecule has 0 radical (unpaired) electrons.